The third-order valence-electron chi connectivity index (χ3n) is 21.6. The molecule has 0 radical (unpaired) electrons. The Hall–Kier alpha value is -8.08. The number of anilines is 6. The van der Waals surface area contributed by atoms with Crippen LogP contribution in [-0.2, 0) is 16.2 Å². The molecule has 0 saturated heterocycles. The van der Waals surface area contributed by atoms with Crippen molar-refractivity contribution in [1.82, 2.24) is 0 Å². The van der Waals surface area contributed by atoms with E-state index >= 15 is 0 Å². The van der Waals surface area contributed by atoms with Crippen molar-refractivity contribution in [2.75, 3.05) is 47.8 Å². The summed E-state index contributed by atoms with van der Waals surface area (Å²) in [5.74, 6) is 0. The maximum absolute atomic E-state index is 2.71. The second-order valence-electron chi connectivity index (χ2n) is 25.9. The smallest absolute Gasteiger partial charge is 0.0720 e. The number of fused-ring (bicyclic) bond motifs is 14. The first kappa shape index (κ1) is 49.9. The minimum Gasteiger partial charge on any atom is -0.378 e. The van der Waals surface area contributed by atoms with Crippen LogP contribution in [0, 0.1) is 0 Å². The fourth-order valence-corrected chi connectivity index (χ4v) is 17.0. The van der Waals surface area contributed by atoms with Gasteiger partial charge in [0.25, 0.3) is 0 Å². The molecule has 4 heteroatoms. The third kappa shape index (κ3) is 6.83. The maximum atomic E-state index is 2.71. The summed E-state index contributed by atoms with van der Waals surface area (Å²) in [6, 6.07) is 80.5. The lowest BCUT2D eigenvalue weighted by Gasteiger charge is -2.50. The number of rotatable bonds is 8. The summed E-state index contributed by atoms with van der Waals surface area (Å²) in [6.45, 7) is 10.2. The molecule has 4 nitrogen and oxygen atoms in total. The van der Waals surface area contributed by atoms with Gasteiger partial charge in [0.05, 0.1) is 16.5 Å². The van der Waals surface area contributed by atoms with Gasteiger partial charge >= 0.3 is 0 Å². The Kier molecular flexibility index (Phi) is 11.1. The zero-order valence-corrected chi connectivity index (χ0v) is 48.6. The van der Waals surface area contributed by atoms with Crippen LogP contribution in [0.2, 0.25) is 0 Å². The summed E-state index contributed by atoms with van der Waals surface area (Å²) in [6.07, 6.45) is 9.69. The molecule has 10 aromatic rings. The van der Waals surface area contributed by atoms with E-state index in [-0.39, 0.29) is 21.9 Å². The lowest BCUT2D eigenvalue weighted by molar-refractivity contribution is 0.195. The van der Waals surface area contributed by atoms with Crippen molar-refractivity contribution < 1.29 is 0 Å². The van der Waals surface area contributed by atoms with E-state index < -0.39 is 5.41 Å². The highest BCUT2D eigenvalue weighted by atomic mass is 15.3. The molecule has 5 aliphatic rings. The van der Waals surface area contributed by atoms with Gasteiger partial charge in [-0.15, -0.1) is 0 Å². The van der Waals surface area contributed by atoms with Crippen molar-refractivity contribution in [3.63, 3.8) is 0 Å². The Labute approximate surface area is 480 Å². The quantitative estimate of drug-likeness (QED) is 0.141. The second-order valence-corrected chi connectivity index (χ2v) is 25.9. The number of hydrogen-bond acceptors (Lipinski definition) is 4. The molecule has 2 heterocycles. The van der Waals surface area contributed by atoms with E-state index in [2.05, 4.69) is 282 Å². The molecule has 0 aromatic heterocycles. The predicted molar refractivity (Wildman–Crippen MR) is 344 cm³/mol. The molecule has 10 aromatic carbocycles. The summed E-state index contributed by atoms with van der Waals surface area (Å²) in [5.41, 5.74) is 23.0. The Morgan fingerprint density at radius 3 is 1.27 bits per heavy atom. The molecule has 0 N–H and O–H groups in total. The molecule has 0 amide bonds. The maximum Gasteiger partial charge on any atom is 0.0720 e. The van der Waals surface area contributed by atoms with Crippen LogP contribution in [0.5, 0.6) is 0 Å². The van der Waals surface area contributed by atoms with Crippen molar-refractivity contribution >= 4 is 55.7 Å². The number of nitrogens with zero attached hydrogens (tertiary/aromatic N) is 4. The SMILES string of the molecule is CN(C)c1ccc(N2c3ccc(-c4ccc5c(c4)C(c4ccccc4)(c4ccccc4)c4c-5c5ccccc5c5cc(-c6ccc7c(c6)C6(C)CCCCC6(C)N7c6ccc(N(C)C)cc6)ccc45)cc3C3(C)CCCCC23C)cc1. The molecular formula is C77H74N4. The Balaban J connectivity index is 0.919. The Morgan fingerprint density at radius 1 is 0.358 bits per heavy atom. The average Bonchev–Trinajstić information content (AvgIpc) is 3.94. The van der Waals surface area contributed by atoms with Crippen LogP contribution in [0.15, 0.2) is 206 Å². The molecule has 2 saturated carbocycles. The summed E-state index contributed by atoms with van der Waals surface area (Å²) in [4.78, 5) is 9.80. The van der Waals surface area contributed by atoms with Gasteiger partial charge in [-0.1, -0.05) is 161 Å². The summed E-state index contributed by atoms with van der Waals surface area (Å²) >= 11 is 0. The van der Waals surface area contributed by atoms with Crippen LogP contribution < -0.4 is 19.6 Å². The van der Waals surface area contributed by atoms with Gasteiger partial charge in [-0.05, 0) is 213 Å². The minimum absolute atomic E-state index is 0.00411. The lowest BCUT2D eigenvalue weighted by atomic mass is 9.61. The zero-order chi connectivity index (χ0) is 55.2. The van der Waals surface area contributed by atoms with Crippen LogP contribution in [-0.4, -0.2) is 39.3 Å². The van der Waals surface area contributed by atoms with Crippen LogP contribution >= 0.6 is 0 Å². The molecule has 0 spiro atoms. The molecule has 2 fully saturated rings. The molecule has 81 heavy (non-hydrogen) atoms. The third-order valence-corrected chi connectivity index (χ3v) is 21.6. The predicted octanol–water partition coefficient (Wildman–Crippen LogP) is 19.3. The van der Waals surface area contributed by atoms with Crippen LogP contribution in [0.3, 0.4) is 0 Å². The van der Waals surface area contributed by atoms with Gasteiger partial charge in [0, 0.05) is 73.1 Å². The molecule has 4 unspecified atom stereocenters. The zero-order valence-electron chi connectivity index (χ0n) is 48.6. The molecule has 0 bridgehead atoms. The van der Waals surface area contributed by atoms with E-state index in [1.165, 1.54) is 167 Å². The van der Waals surface area contributed by atoms with E-state index in [4.69, 9.17) is 0 Å². The largest absolute Gasteiger partial charge is 0.378 e. The second kappa shape index (κ2) is 18.0. The van der Waals surface area contributed by atoms with Crippen molar-refractivity contribution in [3.05, 3.63) is 240 Å². The first-order valence-electron chi connectivity index (χ1n) is 30.0. The Bertz CT molecular complexity index is 4100. The van der Waals surface area contributed by atoms with Crippen molar-refractivity contribution in [2.45, 2.75) is 106 Å². The van der Waals surface area contributed by atoms with Crippen molar-refractivity contribution in [2.24, 2.45) is 0 Å². The highest BCUT2D eigenvalue weighted by Crippen LogP contribution is 2.65. The summed E-state index contributed by atoms with van der Waals surface area (Å²) in [7, 11) is 8.51. The highest BCUT2D eigenvalue weighted by molar-refractivity contribution is 6.20. The topological polar surface area (TPSA) is 13.0 Å². The van der Waals surface area contributed by atoms with E-state index in [1.54, 1.807) is 0 Å². The minimum atomic E-state index is -0.616. The van der Waals surface area contributed by atoms with Gasteiger partial charge < -0.3 is 19.6 Å². The van der Waals surface area contributed by atoms with Gasteiger partial charge in [-0.25, -0.2) is 0 Å². The molecule has 15 rings (SSSR count). The van der Waals surface area contributed by atoms with E-state index in [0.717, 1.165) is 6.42 Å². The van der Waals surface area contributed by atoms with Crippen molar-refractivity contribution in [1.29, 1.82) is 0 Å². The highest BCUT2D eigenvalue weighted by Gasteiger charge is 2.59. The molecule has 3 aliphatic carbocycles. The van der Waals surface area contributed by atoms with Crippen LogP contribution in [0.1, 0.15) is 112 Å². The fourth-order valence-electron chi connectivity index (χ4n) is 17.0. The first-order chi connectivity index (χ1) is 39.3. The average molecular weight is 1060 g/mol. The molecule has 2 aliphatic heterocycles. The normalized spacial score (nSPS) is 22.9. The molecule has 4 atom stereocenters. The number of hydrogen-bond donors (Lipinski definition) is 0. The van der Waals surface area contributed by atoms with Crippen LogP contribution in [0.25, 0.3) is 54.9 Å². The Morgan fingerprint density at radius 2 is 0.778 bits per heavy atom. The molecule has 402 valence electrons. The molecular weight excluding hydrogens is 981 g/mol. The lowest BCUT2D eigenvalue weighted by Crippen LogP contribution is -2.54. The number of benzene rings is 10. The van der Waals surface area contributed by atoms with Gasteiger partial charge in [0.1, 0.15) is 0 Å². The van der Waals surface area contributed by atoms with E-state index in [0.29, 0.717) is 0 Å². The fraction of sp³-hybridized carbons (Fsp3) is 0.273. The summed E-state index contributed by atoms with van der Waals surface area (Å²) in [5, 5.41) is 5.20. The summed E-state index contributed by atoms with van der Waals surface area (Å²) < 4.78 is 0. The first-order valence-corrected chi connectivity index (χ1v) is 30.0. The van der Waals surface area contributed by atoms with Gasteiger partial charge in [0.15, 0.2) is 0 Å². The standard InChI is InChI=1S/C77H74N4/c1-73-43-17-19-45-75(73,3)80(59-35-31-57(32-36-59)78(5)6)69-41-29-53(49-67(69)73)51-27-39-63-65(47-51)61-25-15-16-26-62(61)71-64-40-28-52(48-66(64)77(72(63)71,55-21-11-9-12-22-55)56-23-13-10-14-24-56)54-30-42-70-68(50-54)74(2)44-18-20-46-76(74,4)81(70)60-37-33-58(34-38-60)79(7)8/h9-16,21-42,47-50H,17-20,43-46H2,1-8H3. The van der Waals surface area contributed by atoms with Gasteiger partial charge in [0.2, 0.25) is 0 Å². The van der Waals surface area contributed by atoms with E-state index in [1.807, 2.05) is 0 Å². The van der Waals surface area contributed by atoms with Crippen LogP contribution in [0.4, 0.5) is 34.1 Å². The van der Waals surface area contributed by atoms with Gasteiger partial charge in [-0.2, -0.15) is 0 Å². The van der Waals surface area contributed by atoms with Gasteiger partial charge in [-0.3, -0.25) is 0 Å². The van der Waals surface area contributed by atoms with E-state index in [9.17, 15) is 0 Å². The monoisotopic (exact) mass is 1050 g/mol. The van der Waals surface area contributed by atoms with Crippen molar-refractivity contribution in [3.8, 4) is 33.4 Å².